The number of nitrogens with one attached hydrogen (secondary N) is 2. The van der Waals surface area contributed by atoms with Crippen molar-refractivity contribution in [3.63, 3.8) is 0 Å². The zero-order valence-electron chi connectivity index (χ0n) is 6.69. The zero-order chi connectivity index (χ0) is 8.20. The summed E-state index contributed by atoms with van der Waals surface area (Å²) in [6.07, 6.45) is 0. The number of amides is 2. The predicted molar refractivity (Wildman–Crippen MR) is 40.7 cm³/mol. The molecule has 0 aliphatic heterocycles. The van der Waals surface area contributed by atoms with Crippen molar-refractivity contribution < 1.29 is 4.79 Å². The molecule has 10 heavy (non-hydrogen) atoms. The van der Waals surface area contributed by atoms with Gasteiger partial charge >= 0.3 is 6.03 Å². The molecular weight excluding hydrogens is 130 g/mol. The highest BCUT2D eigenvalue weighted by atomic mass is 16.2. The van der Waals surface area contributed by atoms with Crippen LogP contribution in [-0.4, -0.2) is 25.2 Å². The van der Waals surface area contributed by atoms with Gasteiger partial charge in [-0.1, -0.05) is 0 Å². The smallest absolute Gasteiger partial charge is 0.314 e. The first kappa shape index (κ1) is 9.23. The minimum atomic E-state index is -0.319. The lowest BCUT2D eigenvalue weighted by Gasteiger charge is -2.23. The summed E-state index contributed by atoms with van der Waals surface area (Å²) >= 11 is 0. The summed E-state index contributed by atoms with van der Waals surface area (Å²) in [5.41, 5.74) is 5.05. The number of nitrogens with two attached hydrogens (primary N) is 1. The number of hydrogen-bond donors (Lipinski definition) is 3. The molecule has 0 saturated heterocycles. The quantitative estimate of drug-likeness (QED) is 0.497. The normalized spacial score (nSPS) is 10.8. The lowest BCUT2D eigenvalue weighted by Crippen LogP contribution is -2.51. The molecule has 4 N–H and O–H groups in total. The van der Waals surface area contributed by atoms with Crippen LogP contribution < -0.4 is 16.4 Å². The molecule has 4 nitrogen and oxygen atoms in total. The molecule has 0 unspecified atom stereocenters. The fourth-order valence-corrected chi connectivity index (χ4v) is 0.421. The van der Waals surface area contributed by atoms with Crippen LogP contribution in [0.1, 0.15) is 13.8 Å². The summed E-state index contributed by atoms with van der Waals surface area (Å²) in [6, 6.07) is -0.199. The average Bonchev–Trinajstić information content (AvgIpc) is 1.87. The molecule has 0 spiro atoms. The second-order valence-corrected chi connectivity index (χ2v) is 2.79. The molecule has 2 amide bonds. The Hall–Kier alpha value is -0.770. The summed E-state index contributed by atoms with van der Waals surface area (Å²) < 4.78 is 0. The SMILES string of the molecule is CNC(=O)NC(C)(C)CN. The van der Waals surface area contributed by atoms with Crippen molar-refractivity contribution in [3.8, 4) is 0 Å². The van der Waals surface area contributed by atoms with E-state index in [0.717, 1.165) is 0 Å². The van der Waals surface area contributed by atoms with E-state index in [4.69, 9.17) is 5.73 Å². The molecule has 60 valence electrons. The van der Waals surface area contributed by atoms with Gasteiger partial charge in [0, 0.05) is 19.1 Å². The topological polar surface area (TPSA) is 67.2 Å². The van der Waals surface area contributed by atoms with Crippen LogP contribution >= 0.6 is 0 Å². The molecule has 0 aromatic heterocycles. The Morgan fingerprint density at radius 3 is 2.40 bits per heavy atom. The molecule has 0 aliphatic rings. The molecule has 0 bridgehead atoms. The fourth-order valence-electron chi connectivity index (χ4n) is 0.421. The molecule has 0 rings (SSSR count). The van der Waals surface area contributed by atoms with Gasteiger partial charge in [0.2, 0.25) is 0 Å². The molecule has 4 heteroatoms. The van der Waals surface area contributed by atoms with Crippen LogP contribution in [-0.2, 0) is 0 Å². The standard InChI is InChI=1S/C6H15N3O/c1-6(2,4-7)9-5(10)8-3/h4,7H2,1-3H3,(H2,8,9,10). The van der Waals surface area contributed by atoms with Crippen molar-refractivity contribution in [2.45, 2.75) is 19.4 Å². The lowest BCUT2D eigenvalue weighted by atomic mass is 10.1. The Bertz CT molecular complexity index is 122. The van der Waals surface area contributed by atoms with Crippen LogP contribution in [0.25, 0.3) is 0 Å². The average molecular weight is 145 g/mol. The molecular formula is C6H15N3O. The van der Waals surface area contributed by atoms with Crippen LogP contribution in [0, 0.1) is 0 Å². The van der Waals surface area contributed by atoms with E-state index in [1.165, 1.54) is 0 Å². The van der Waals surface area contributed by atoms with E-state index in [1.807, 2.05) is 13.8 Å². The lowest BCUT2D eigenvalue weighted by molar-refractivity contribution is 0.232. The van der Waals surface area contributed by atoms with Crippen molar-refractivity contribution in [3.05, 3.63) is 0 Å². The molecule has 0 radical (unpaired) electrons. The number of hydrogen-bond acceptors (Lipinski definition) is 2. The van der Waals surface area contributed by atoms with E-state index >= 15 is 0 Å². The molecule has 0 saturated carbocycles. The van der Waals surface area contributed by atoms with Gasteiger partial charge < -0.3 is 16.4 Å². The Labute approximate surface area is 61.2 Å². The minimum absolute atomic E-state index is 0.199. The first-order valence-electron chi connectivity index (χ1n) is 3.22. The Kier molecular flexibility index (Phi) is 3.15. The molecule has 0 fully saturated rings. The second kappa shape index (κ2) is 3.41. The summed E-state index contributed by atoms with van der Waals surface area (Å²) in [5, 5.41) is 5.13. The highest BCUT2D eigenvalue weighted by Gasteiger charge is 2.16. The van der Waals surface area contributed by atoms with Gasteiger partial charge in [-0.15, -0.1) is 0 Å². The first-order chi connectivity index (χ1) is 4.52. The van der Waals surface area contributed by atoms with Crippen molar-refractivity contribution in [1.29, 1.82) is 0 Å². The maximum atomic E-state index is 10.7. The van der Waals surface area contributed by atoms with Crippen molar-refractivity contribution >= 4 is 6.03 Å². The number of carbonyl (C=O) groups excluding carboxylic acids is 1. The number of urea groups is 1. The highest BCUT2D eigenvalue weighted by molar-refractivity contribution is 5.74. The fraction of sp³-hybridized carbons (Fsp3) is 0.833. The predicted octanol–water partition coefficient (Wildman–Crippen LogP) is -0.347. The number of carbonyl (C=O) groups is 1. The summed E-state index contributed by atoms with van der Waals surface area (Å²) in [4.78, 5) is 10.7. The van der Waals surface area contributed by atoms with E-state index in [2.05, 4.69) is 10.6 Å². The largest absolute Gasteiger partial charge is 0.341 e. The monoisotopic (exact) mass is 145 g/mol. The molecule has 0 atom stereocenters. The number of rotatable bonds is 2. The maximum absolute atomic E-state index is 10.7. The van der Waals surface area contributed by atoms with E-state index in [1.54, 1.807) is 7.05 Å². The first-order valence-corrected chi connectivity index (χ1v) is 3.22. The van der Waals surface area contributed by atoms with Gasteiger partial charge in [0.15, 0.2) is 0 Å². The highest BCUT2D eigenvalue weighted by Crippen LogP contribution is 1.96. The molecule has 0 heterocycles. The van der Waals surface area contributed by atoms with Gasteiger partial charge in [-0.25, -0.2) is 4.79 Å². The molecule has 0 aliphatic carbocycles. The van der Waals surface area contributed by atoms with Crippen LogP contribution in [0.4, 0.5) is 4.79 Å². The van der Waals surface area contributed by atoms with E-state index in [9.17, 15) is 4.79 Å². The van der Waals surface area contributed by atoms with E-state index in [-0.39, 0.29) is 11.6 Å². The van der Waals surface area contributed by atoms with Crippen molar-refractivity contribution in [2.24, 2.45) is 5.73 Å². The van der Waals surface area contributed by atoms with Gasteiger partial charge in [-0.2, -0.15) is 0 Å². The van der Waals surface area contributed by atoms with Crippen LogP contribution in [0.2, 0.25) is 0 Å². The molecule has 0 aromatic rings. The van der Waals surface area contributed by atoms with Gasteiger partial charge in [0.1, 0.15) is 0 Å². The third-order valence-corrected chi connectivity index (χ3v) is 1.19. The Balaban J connectivity index is 3.76. The van der Waals surface area contributed by atoms with Crippen molar-refractivity contribution in [2.75, 3.05) is 13.6 Å². The summed E-state index contributed by atoms with van der Waals surface area (Å²) in [6.45, 7) is 4.16. The summed E-state index contributed by atoms with van der Waals surface area (Å²) in [7, 11) is 1.57. The molecule has 0 aromatic carbocycles. The van der Waals surface area contributed by atoms with Crippen LogP contribution in [0.15, 0.2) is 0 Å². The maximum Gasteiger partial charge on any atom is 0.314 e. The van der Waals surface area contributed by atoms with E-state index < -0.39 is 0 Å². The van der Waals surface area contributed by atoms with Gasteiger partial charge in [-0.3, -0.25) is 0 Å². The van der Waals surface area contributed by atoms with E-state index in [0.29, 0.717) is 6.54 Å². The second-order valence-electron chi connectivity index (χ2n) is 2.79. The third kappa shape index (κ3) is 3.29. The van der Waals surface area contributed by atoms with Crippen LogP contribution in [0.3, 0.4) is 0 Å². The minimum Gasteiger partial charge on any atom is -0.341 e. The Morgan fingerprint density at radius 1 is 1.60 bits per heavy atom. The van der Waals surface area contributed by atoms with Crippen LogP contribution in [0.5, 0.6) is 0 Å². The van der Waals surface area contributed by atoms with Gasteiger partial charge in [0.05, 0.1) is 0 Å². The Morgan fingerprint density at radius 2 is 2.10 bits per heavy atom. The third-order valence-electron chi connectivity index (χ3n) is 1.19. The zero-order valence-corrected chi connectivity index (χ0v) is 6.69. The van der Waals surface area contributed by atoms with Gasteiger partial charge in [-0.05, 0) is 13.8 Å². The van der Waals surface area contributed by atoms with Gasteiger partial charge in [0.25, 0.3) is 0 Å². The summed E-state index contributed by atoms with van der Waals surface area (Å²) in [5.74, 6) is 0. The van der Waals surface area contributed by atoms with Crippen molar-refractivity contribution in [1.82, 2.24) is 10.6 Å².